The quantitative estimate of drug-likeness (QED) is 0.104. The second kappa shape index (κ2) is 28.6. The van der Waals surface area contributed by atoms with Gasteiger partial charge >= 0.3 is 49.8 Å². The number of nitrogens with zero attached hydrogens (tertiary/aromatic N) is 2. The number of carbonyl (C=O) groups excluding carboxylic acids is 2. The van der Waals surface area contributed by atoms with E-state index < -0.39 is 72.0 Å². The average molecular weight is 1360 g/mol. The standard InChI is InChI=1S/2C16H14F3N.2C11H9BrF3NO.C7H6BF3O2/c17-16(18,19)15-7-2-1-5-13(15)12-6-3-4-11-8-9-20-10-14(11)12;17-16(18,19)15-4-2-1-3-14(15)12-5-6-13-10-20-8-7-11(13)9-12;12-9-2-1-8-6-16(4-3-7(8)5-9)10(17)11(13,14)15;12-9-3-1-2-7-4-5-16(6-8(7)9)10(17)11(13,14)15;9-7(10,11)5-3-1-2-4-6(5)8(12)13/h1-7,20H,8-10H2;1-6,9,20H,7-8,10H2;1-2,5H,3-4,6H2;1-3H,4-6H2;1-4,12-13H. The van der Waals surface area contributed by atoms with Crippen LogP contribution in [0.4, 0.5) is 65.9 Å². The summed E-state index contributed by atoms with van der Waals surface area (Å²) in [6.07, 6.45) is -20.2. The molecule has 0 spiro atoms. The molecule has 0 unspecified atom stereocenters. The van der Waals surface area contributed by atoms with E-state index in [2.05, 4.69) is 42.5 Å². The molecule has 4 aliphatic rings. The summed E-state index contributed by atoms with van der Waals surface area (Å²) in [5, 5.41) is 23.7. The van der Waals surface area contributed by atoms with Crippen molar-refractivity contribution in [3.63, 3.8) is 0 Å². The third kappa shape index (κ3) is 18.0. The fourth-order valence-electron chi connectivity index (χ4n) is 10.1. The van der Waals surface area contributed by atoms with Crippen molar-refractivity contribution in [2.75, 3.05) is 26.2 Å². The molecule has 7 aromatic carbocycles. The SMILES string of the molecule is FC(F)(F)c1ccccc1-c1ccc2c(c1)CCNC2.FC(F)(F)c1ccccc1-c1cccc2c1CNCC2.O=C(N1CCc2cc(Br)ccc2C1)C(F)(F)F.O=C(N1CCc2cccc(Br)c2C1)C(F)(F)F.OB(O)c1ccccc1C(F)(F)F. The third-order valence-electron chi connectivity index (χ3n) is 14.3. The number of alkyl halides is 15. The van der Waals surface area contributed by atoms with Crippen LogP contribution in [0.15, 0.2) is 155 Å². The number of nitrogens with one attached hydrogen (secondary N) is 2. The van der Waals surface area contributed by atoms with Crippen LogP contribution in [0.2, 0.25) is 0 Å². The predicted molar refractivity (Wildman–Crippen MR) is 304 cm³/mol. The Labute approximate surface area is 506 Å². The molecule has 2 amide bonds. The molecule has 87 heavy (non-hydrogen) atoms. The van der Waals surface area contributed by atoms with E-state index in [1.165, 1.54) is 35.9 Å². The summed E-state index contributed by atoms with van der Waals surface area (Å²) in [5.41, 5.74) is 7.08. The lowest BCUT2D eigenvalue weighted by molar-refractivity contribution is -0.186. The van der Waals surface area contributed by atoms with Gasteiger partial charge in [-0.25, -0.2) is 0 Å². The van der Waals surface area contributed by atoms with Crippen molar-refractivity contribution in [2.24, 2.45) is 0 Å². The highest BCUT2D eigenvalue weighted by Gasteiger charge is 2.45. The monoisotopic (exact) mass is 1360 g/mol. The van der Waals surface area contributed by atoms with E-state index in [9.17, 15) is 75.4 Å². The van der Waals surface area contributed by atoms with Crippen LogP contribution in [-0.4, -0.2) is 77.3 Å². The maximum Gasteiger partial charge on any atom is 0.489 e. The maximum absolute atomic E-state index is 13.2. The number of amides is 2. The molecule has 26 heteroatoms. The highest BCUT2D eigenvalue weighted by atomic mass is 79.9. The van der Waals surface area contributed by atoms with Crippen LogP contribution in [0, 0.1) is 0 Å². The molecular weight excluding hydrogens is 1310 g/mol. The lowest BCUT2D eigenvalue weighted by atomic mass is 9.77. The molecule has 0 atom stereocenters. The van der Waals surface area contributed by atoms with Crippen LogP contribution in [-0.2, 0) is 80.0 Å². The van der Waals surface area contributed by atoms with Crippen molar-refractivity contribution >= 4 is 56.3 Å². The number of hydrogen-bond acceptors (Lipinski definition) is 6. The van der Waals surface area contributed by atoms with Crippen molar-refractivity contribution in [3.8, 4) is 22.3 Å². The first-order chi connectivity index (χ1) is 40.8. The topological polar surface area (TPSA) is 105 Å². The molecule has 0 bridgehead atoms. The normalized spacial score (nSPS) is 14.7. The summed E-state index contributed by atoms with van der Waals surface area (Å²) < 4.78 is 191. The largest absolute Gasteiger partial charge is 0.489 e. The minimum atomic E-state index is -4.79. The number of fused-ring (bicyclic) bond motifs is 4. The van der Waals surface area contributed by atoms with Gasteiger partial charge in [0.15, 0.2) is 0 Å². The van der Waals surface area contributed by atoms with Crippen molar-refractivity contribution in [2.45, 2.75) is 82.7 Å². The number of carbonyl (C=O) groups is 2. The maximum atomic E-state index is 13.2. The van der Waals surface area contributed by atoms with Gasteiger partial charge in [0.05, 0.1) is 16.7 Å². The van der Waals surface area contributed by atoms with Gasteiger partial charge in [0, 0.05) is 48.2 Å². The molecule has 0 saturated carbocycles. The number of benzene rings is 7. The number of halogens is 17. The smallest absolute Gasteiger partial charge is 0.423 e. The molecule has 462 valence electrons. The summed E-state index contributed by atoms with van der Waals surface area (Å²) in [7, 11) is -2.10. The van der Waals surface area contributed by atoms with Crippen molar-refractivity contribution in [1.29, 1.82) is 0 Å². The zero-order chi connectivity index (χ0) is 63.6. The minimum absolute atomic E-state index is 0.00903. The van der Waals surface area contributed by atoms with E-state index in [4.69, 9.17) is 10.0 Å². The zero-order valence-corrected chi connectivity index (χ0v) is 48.6. The van der Waals surface area contributed by atoms with Crippen LogP contribution in [0.25, 0.3) is 22.3 Å². The molecule has 0 aromatic heterocycles. The Morgan fingerprint density at radius 1 is 0.437 bits per heavy atom. The molecule has 4 aliphatic heterocycles. The average Bonchev–Trinajstić information content (AvgIpc) is 1.20. The van der Waals surface area contributed by atoms with Gasteiger partial charge in [-0.15, -0.1) is 0 Å². The highest BCUT2D eigenvalue weighted by molar-refractivity contribution is 9.10. The molecule has 7 aromatic rings. The van der Waals surface area contributed by atoms with E-state index >= 15 is 0 Å². The molecule has 0 aliphatic carbocycles. The Bertz CT molecular complexity index is 3540. The molecule has 0 saturated heterocycles. The first-order valence-corrected chi connectivity index (χ1v) is 28.2. The van der Waals surface area contributed by atoms with E-state index in [1.54, 1.807) is 48.5 Å². The van der Waals surface area contributed by atoms with Crippen LogP contribution in [0.3, 0.4) is 0 Å². The fraction of sp³-hybridized carbons (Fsp3) is 0.279. The van der Waals surface area contributed by atoms with Crippen molar-refractivity contribution in [1.82, 2.24) is 20.4 Å². The van der Waals surface area contributed by atoms with Crippen LogP contribution < -0.4 is 16.1 Å². The van der Waals surface area contributed by atoms with E-state index in [0.717, 1.165) is 114 Å². The van der Waals surface area contributed by atoms with E-state index in [1.807, 2.05) is 42.5 Å². The Morgan fingerprint density at radius 3 is 1.49 bits per heavy atom. The van der Waals surface area contributed by atoms with E-state index in [-0.39, 0.29) is 37.3 Å². The summed E-state index contributed by atoms with van der Waals surface area (Å²) in [6, 6.07) is 37.9. The molecular formula is C61H52BBr2F15N4O4. The first kappa shape index (κ1) is 67.8. The van der Waals surface area contributed by atoms with Crippen LogP contribution >= 0.6 is 31.9 Å². The number of hydrogen-bond donors (Lipinski definition) is 4. The molecule has 4 heterocycles. The molecule has 8 nitrogen and oxygen atoms in total. The van der Waals surface area contributed by atoms with Gasteiger partial charge in [0.25, 0.3) is 0 Å². The van der Waals surface area contributed by atoms with Gasteiger partial charge < -0.3 is 30.5 Å². The van der Waals surface area contributed by atoms with Crippen molar-refractivity contribution in [3.05, 3.63) is 216 Å². The Hall–Kier alpha value is -6.71. The Balaban J connectivity index is 0.000000157. The Kier molecular flexibility index (Phi) is 22.3. The lowest BCUT2D eigenvalue weighted by Gasteiger charge is -2.30. The molecule has 0 fully saturated rings. The van der Waals surface area contributed by atoms with Crippen molar-refractivity contribution < 1.29 is 85.5 Å². The first-order valence-electron chi connectivity index (χ1n) is 26.6. The zero-order valence-electron chi connectivity index (χ0n) is 45.4. The van der Waals surface area contributed by atoms with Gasteiger partial charge in [0.2, 0.25) is 0 Å². The number of rotatable bonds is 3. The van der Waals surface area contributed by atoms with Gasteiger partial charge in [0.1, 0.15) is 0 Å². The predicted octanol–water partition coefficient (Wildman–Crippen LogP) is 14.2. The van der Waals surface area contributed by atoms with Gasteiger partial charge in [-0.1, -0.05) is 147 Å². The third-order valence-corrected chi connectivity index (χ3v) is 15.5. The minimum Gasteiger partial charge on any atom is -0.423 e. The second-order valence-corrected chi connectivity index (χ2v) is 21.8. The summed E-state index contributed by atoms with van der Waals surface area (Å²) in [4.78, 5) is 23.9. The van der Waals surface area contributed by atoms with Gasteiger partial charge in [-0.2, -0.15) is 65.9 Å². The summed E-state index contributed by atoms with van der Waals surface area (Å²) in [6.45, 7) is 3.42. The fourth-order valence-corrected chi connectivity index (χ4v) is 11.0. The summed E-state index contributed by atoms with van der Waals surface area (Å²) >= 11 is 6.60. The highest BCUT2D eigenvalue weighted by Crippen LogP contribution is 2.41. The van der Waals surface area contributed by atoms with E-state index in [0.29, 0.717) is 30.5 Å². The van der Waals surface area contributed by atoms with Gasteiger partial charge in [-0.3, -0.25) is 9.59 Å². The molecule has 0 radical (unpaired) electrons. The Morgan fingerprint density at radius 2 is 0.908 bits per heavy atom. The van der Waals surface area contributed by atoms with Crippen LogP contribution in [0.1, 0.15) is 61.2 Å². The second-order valence-electron chi connectivity index (χ2n) is 20.1. The van der Waals surface area contributed by atoms with Crippen LogP contribution in [0.5, 0.6) is 0 Å². The lowest BCUT2D eigenvalue weighted by Crippen LogP contribution is -2.43. The molecule has 4 N–H and O–H groups in total. The summed E-state index contributed by atoms with van der Waals surface area (Å²) in [5.74, 6) is -3.52. The molecule has 11 rings (SSSR count). The van der Waals surface area contributed by atoms with Gasteiger partial charge in [-0.05, 0) is 141 Å².